The maximum Gasteiger partial charge on any atom is 0.262 e. The van der Waals surface area contributed by atoms with Gasteiger partial charge in [-0.25, -0.2) is 0 Å². The van der Waals surface area contributed by atoms with Crippen LogP contribution in [0.15, 0.2) is 34.2 Å². The van der Waals surface area contributed by atoms with Crippen molar-refractivity contribution < 1.29 is 9.59 Å². The number of rotatable bonds is 5. The van der Waals surface area contributed by atoms with Crippen molar-refractivity contribution in [2.45, 2.75) is 31.3 Å². The third-order valence-corrected chi connectivity index (χ3v) is 8.04. The van der Waals surface area contributed by atoms with Crippen molar-refractivity contribution in [1.82, 2.24) is 19.2 Å². The molecule has 0 fully saturated rings. The fraction of sp³-hybridized carbons (Fsp3) is 0.318. The van der Waals surface area contributed by atoms with Crippen LogP contribution < -0.4 is 16.6 Å². The van der Waals surface area contributed by atoms with Crippen molar-refractivity contribution in [3.63, 3.8) is 0 Å². The van der Waals surface area contributed by atoms with Crippen molar-refractivity contribution >= 4 is 56.6 Å². The molecular formula is C22H22N6O3S2. The summed E-state index contributed by atoms with van der Waals surface area (Å²) in [5.74, 6) is 0.233. The van der Waals surface area contributed by atoms with Gasteiger partial charge in [0.1, 0.15) is 5.00 Å². The predicted molar refractivity (Wildman–Crippen MR) is 129 cm³/mol. The molecule has 33 heavy (non-hydrogen) atoms. The molecule has 4 aromatic rings. The lowest BCUT2D eigenvalue weighted by molar-refractivity contribution is -0.113. The smallest absolute Gasteiger partial charge is 0.262 e. The third-order valence-electron chi connectivity index (χ3n) is 5.94. The van der Waals surface area contributed by atoms with Gasteiger partial charge in [0.2, 0.25) is 11.7 Å². The third kappa shape index (κ3) is 3.70. The van der Waals surface area contributed by atoms with Crippen molar-refractivity contribution in [1.29, 1.82) is 0 Å². The number of thioether (sulfide) groups is 1. The van der Waals surface area contributed by atoms with Gasteiger partial charge in [-0.05, 0) is 42.9 Å². The Morgan fingerprint density at radius 2 is 2.09 bits per heavy atom. The Labute approximate surface area is 197 Å². The summed E-state index contributed by atoms with van der Waals surface area (Å²) in [4.78, 5) is 38.6. The normalized spacial score (nSPS) is 15.6. The topological polar surface area (TPSA) is 124 Å². The number of aromatic nitrogens is 4. The van der Waals surface area contributed by atoms with E-state index in [0.717, 1.165) is 29.7 Å². The van der Waals surface area contributed by atoms with E-state index in [-0.39, 0.29) is 17.2 Å². The number of nitrogens with two attached hydrogens (primary N) is 1. The standard InChI is InChI=1S/C22H22N6O3S2/c1-11-7-8-13-15(9-11)33-19(17(13)18(23)30)24-16(29)10-32-22-26-25-21-27(2)20(31)12-5-3-4-6-14(12)28(21)22/h3-6,11H,7-10H2,1-2H3,(H2,23,30)(H,24,29). The molecule has 9 nitrogen and oxygen atoms in total. The fourth-order valence-corrected chi connectivity index (χ4v) is 6.47. The largest absolute Gasteiger partial charge is 0.365 e. The van der Waals surface area contributed by atoms with E-state index < -0.39 is 5.91 Å². The Balaban J connectivity index is 1.41. The highest BCUT2D eigenvalue weighted by Gasteiger charge is 2.27. The molecule has 3 N–H and O–H groups in total. The number of thiophene rings is 1. The van der Waals surface area contributed by atoms with Crippen LogP contribution >= 0.6 is 23.1 Å². The van der Waals surface area contributed by atoms with Crippen LogP contribution in [0.1, 0.15) is 34.1 Å². The Morgan fingerprint density at radius 1 is 1.30 bits per heavy atom. The first-order valence-corrected chi connectivity index (χ1v) is 12.3. The molecule has 3 aromatic heterocycles. The number of aryl methyl sites for hydroxylation is 1. The Kier molecular flexibility index (Phi) is 5.45. The molecular weight excluding hydrogens is 460 g/mol. The molecule has 1 aromatic carbocycles. The van der Waals surface area contributed by atoms with Crippen LogP contribution in [-0.2, 0) is 24.7 Å². The lowest BCUT2D eigenvalue weighted by Crippen LogP contribution is -2.20. The van der Waals surface area contributed by atoms with E-state index in [1.165, 1.54) is 27.7 Å². The van der Waals surface area contributed by atoms with E-state index >= 15 is 0 Å². The number of anilines is 1. The summed E-state index contributed by atoms with van der Waals surface area (Å²) in [7, 11) is 1.64. The number of hydrogen-bond donors (Lipinski definition) is 2. The summed E-state index contributed by atoms with van der Waals surface area (Å²) >= 11 is 2.65. The number of nitrogens with one attached hydrogen (secondary N) is 1. The minimum Gasteiger partial charge on any atom is -0.365 e. The second kappa shape index (κ2) is 8.31. The quantitative estimate of drug-likeness (QED) is 0.421. The number of carbonyl (C=O) groups is 2. The van der Waals surface area contributed by atoms with Crippen molar-refractivity contribution in [3.8, 4) is 0 Å². The highest BCUT2D eigenvalue weighted by atomic mass is 32.2. The van der Waals surface area contributed by atoms with Crippen LogP contribution in [-0.4, -0.2) is 36.7 Å². The van der Waals surface area contributed by atoms with Gasteiger partial charge < -0.3 is 11.1 Å². The molecule has 2 amide bonds. The molecule has 3 heterocycles. The number of fused-ring (bicyclic) bond motifs is 4. The monoisotopic (exact) mass is 482 g/mol. The summed E-state index contributed by atoms with van der Waals surface area (Å²) in [6, 6.07) is 7.22. The Hall–Kier alpha value is -3.18. The first-order chi connectivity index (χ1) is 15.8. The molecule has 1 unspecified atom stereocenters. The molecule has 0 saturated heterocycles. The number of hydrogen-bond acceptors (Lipinski definition) is 7. The molecule has 5 rings (SSSR count). The van der Waals surface area contributed by atoms with Gasteiger partial charge in [-0.2, -0.15) is 0 Å². The molecule has 0 radical (unpaired) electrons. The molecule has 1 aliphatic rings. The average molecular weight is 483 g/mol. The van der Waals surface area contributed by atoms with E-state index in [9.17, 15) is 14.4 Å². The van der Waals surface area contributed by atoms with E-state index in [1.807, 2.05) is 12.1 Å². The highest BCUT2D eigenvalue weighted by molar-refractivity contribution is 7.99. The lowest BCUT2D eigenvalue weighted by Gasteiger charge is -2.18. The van der Waals surface area contributed by atoms with Crippen LogP contribution in [0.2, 0.25) is 0 Å². The first kappa shape index (κ1) is 21.7. The minimum atomic E-state index is -0.513. The zero-order valence-corrected chi connectivity index (χ0v) is 19.8. The predicted octanol–water partition coefficient (Wildman–Crippen LogP) is 2.60. The SMILES string of the molecule is CC1CCc2c(sc(NC(=O)CSc3nnc4n(C)c(=O)c5ccccc5n34)c2C(N)=O)C1. The fourth-order valence-electron chi connectivity index (χ4n) is 4.30. The van der Waals surface area contributed by atoms with Crippen LogP contribution in [0.5, 0.6) is 0 Å². The van der Waals surface area contributed by atoms with Gasteiger partial charge in [0, 0.05) is 11.9 Å². The van der Waals surface area contributed by atoms with Gasteiger partial charge >= 0.3 is 0 Å². The zero-order chi connectivity index (χ0) is 23.3. The molecule has 11 heteroatoms. The van der Waals surface area contributed by atoms with Crippen LogP contribution in [0, 0.1) is 5.92 Å². The van der Waals surface area contributed by atoms with E-state index in [0.29, 0.717) is 38.3 Å². The second-order valence-corrected chi connectivity index (χ2v) is 10.3. The highest BCUT2D eigenvalue weighted by Crippen LogP contribution is 2.39. The second-order valence-electron chi connectivity index (χ2n) is 8.26. The minimum absolute atomic E-state index is 0.0646. The Morgan fingerprint density at radius 3 is 2.88 bits per heavy atom. The van der Waals surface area contributed by atoms with Gasteiger partial charge in [0.05, 0.1) is 22.2 Å². The van der Waals surface area contributed by atoms with Gasteiger partial charge in [-0.1, -0.05) is 30.8 Å². The van der Waals surface area contributed by atoms with E-state index in [1.54, 1.807) is 23.6 Å². The van der Waals surface area contributed by atoms with Crippen molar-refractivity contribution in [2.24, 2.45) is 18.7 Å². The molecule has 0 aliphatic heterocycles. The Bertz CT molecular complexity index is 1490. The number of amides is 2. The summed E-state index contributed by atoms with van der Waals surface area (Å²) < 4.78 is 3.21. The molecule has 170 valence electrons. The van der Waals surface area contributed by atoms with Crippen LogP contribution in [0.3, 0.4) is 0 Å². The van der Waals surface area contributed by atoms with Gasteiger partial charge in [-0.3, -0.25) is 23.4 Å². The number of primary amides is 1. The van der Waals surface area contributed by atoms with Gasteiger partial charge in [0.15, 0.2) is 5.16 Å². The van der Waals surface area contributed by atoms with Crippen LogP contribution in [0.4, 0.5) is 5.00 Å². The molecule has 0 bridgehead atoms. The number of nitrogens with zero attached hydrogens (tertiary/aromatic N) is 4. The molecule has 1 aliphatic carbocycles. The number of benzene rings is 1. The molecule has 0 saturated carbocycles. The summed E-state index contributed by atoms with van der Waals surface area (Å²) in [6.07, 6.45) is 2.69. The summed E-state index contributed by atoms with van der Waals surface area (Å²) in [6.45, 7) is 2.18. The number of carbonyl (C=O) groups excluding carboxylic acids is 2. The van der Waals surface area contributed by atoms with E-state index in [4.69, 9.17) is 5.73 Å². The van der Waals surface area contributed by atoms with Gasteiger partial charge in [-0.15, -0.1) is 21.5 Å². The van der Waals surface area contributed by atoms with Crippen molar-refractivity contribution in [3.05, 3.63) is 50.6 Å². The maximum absolute atomic E-state index is 12.8. The van der Waals surface area contributed by atoms with E-state index in [2.05, 4.69) is 22.4 Å². The first-order valence-electron chi connectivity index (χ1n) is 10.5. The summed E-state index contributed by atoms with van der Waals surface area (Å²) in [5, 5.41) is 12.8. The average Bonchev–Trinajstić information content (AvgIpc) is 3.37. The zero-order valence-electron chi connectivity index (χ0n) is 18.1. The maximum atomic E-state index is 12.8. The van der Waals surface area contributed by atoms with Gasteiger partial charge in [0.25, 0.3) is 11.5 Å². The summed E-state index contributed by atoms with van der Waals surface area (Å²) in [5.41, 5.74) is 7.59. The van der Waals surface area contributed by atoms with Crippen molar-refractivity contribution in [2.75, 3.05) is 11.1 Å². The number of para-hydroxylation sites is 1. The molecule has 0 spiro atoms. The lowest BCUT2D eigenvalue weighted by atomic mass is 9.88. The van der Waals surface area contributed by atoms with Crippen LogP contribution in [0.25, 0.3) is 16.7 Å². The molecule has 1 atom stereocenters.